The average molecular weight is 404 g/mol. The van der Waals surface area contributed by atoms with Gasteiger partial charge in [0, 0.05) is 32.7 Å². The molecular weight excluding hydrogens is 381 g/mol. The van der Waals surface area contributed by atoms with Crippen LogP contribution in [0.5, 0.6) is 0 Å². The van der Waals surface area contributed by atoms with Crippen molar-refractivity contribution in [2.75, 3.05) is 32.7 Å². The normalized spacial score (nSPS) is 14.8. The summed E-state index contributed by atoms with van der Waals surface area (Å²) >= 11 is 5.98. The maximum Gasteiger partial charge on any atom is 0.255 e. The molecule has 0 radical (unpaired) electrons. The van der Waals surface area contributed by atoms with Crippen LogP contribution in [-0.2, 0) is 11.3 Å². The molecule has 0 aromatic heterocycles. The first-order chi connectivity index (χ1) is 13.4. The molecule has 1 heterocycles. The van der Waals surface area contributed by atoms with Gasteiger partial charge in [0.2, 0.25) is 5.91 Å². The fourth-order valence-corrected chi connectivity index (χ4v) is 3.36. The van der Waals surface area contributed by atoms with E-state index in [1.54, 1.807) is 4.90 Å². The quantitative estimate of drug-likeness (QED) is 0.835. The summed E-state index contributed by atoms with van der Waals surface area (Å²) in [5.74, 6) is -0.724. The lowest BCUT2D eigenvalue weighted by Crippen LogP contribution is -2.51. The number of piperazine rings is 1. The molecule has 2 aromatic rings. The van der Waals surface area contributed by atoms with E-state index in [4.69, 9.17) is 11.6 Å². The number of benzene rings is 2. The maximum atomic E-state index is 13.2. The first kappa shape index (κ1) is 20.3. The van der Waals surface area contributed by atoms with Crippen LogP contribution in [0.25, 0.3) is 0 Å². The number of nitrogens with one attached hydrogen (secondary N) is 1. The first-order valence-corrected chi connectivity index (χ1v) is 9.59. The van der Waals surface area contributed by atoms with Crippen LogP contribution in [-0.4, -0.2) is 54.3 Å². The Hall–Kier alpha value is -2.44. The molecule has 0 saturated carbocycles. The number of rotatable bonds is 5. The zero-order valence-corrected chi connectivity index (χ0v) is 16.5. The zero-order valence-electron chi connectivity index (χ0n) is 15.8. The monoisotopic (exact) mass is 403 g/mol. The Labute approximate surface area is 169 Å². The Bertz CT molecular complexity index is 849. The Kier molecular flexibility index (Phi) is 6.65. The second kappa shape index (κ2) is 9.17. The number of amides is 2. The molecule has 1 aliphatic rings. The van der Waals surface area contributed by atoms with Crippen molar-refractivity contribution < 1.29 is 14.0 Å². The smallest absolute Gasteiger partial charge is 0.255 e. The fourth-order valence-electron chi connectivity index (χ4n) is 3.11. The van der Waals surface area contributed by atoms with E-state index in [0.717, 1.165) is 11.6 Å². The molecule has 148 valence electrons. The molecule has 1 aliphatic heterocycles. The van der Waals surface area contributed by atoms with Gasteiger partial charge in [0.15, 0.2) is 0 Å². The van der Waals surface area contributed by atoms with Crippen LogP contribution in [0.3, 0.4) is 0 Å². The number of hydrogen-bond donors (Lipinski definition) is 1. The number of aryl methyl sites for hydroxylation is 1. The summed E-state index contributed by atoms with van der Waals surface area (Å²) in [6, 6.07) is 11.8. The third-order valence-corrected chi connectivity index (χ3v) is 5.11. The summed E-state index contributed by atoms with van der Waals surface area (Å²) in [4.78, 5) is 28.4. The summed E-state index contributed by atoms with van der Waals surface area (Å²) in [5, 5.41) is 3.04. The van der Waals surface area contributed by atoms with Gasteiger partial charge in [0.05, 0.1) is 17.1 Å². The van der Waals surface area contributed by atoms with Crippen LogP contribution in [0.15, 0.2) is 42.5 Å². The topological polar surface area (TPSA) is 52.7 Å². The van der Waals surface area contributed by atoms with Crippen molar-refractivity contribution in [3.8, 4) is 0 Å². The van der Waals surface area contributed by atoms with E-state index >= 15 is 0 Å². The molecule has 2 amide bonds. The average Bonchev–Trinajstić information content (AvgIpc) is 2.68. The SMILES string of the molecule is Cc1ccc(CNC(=O)CN2CCN(C(=O)c3ccc(F)cc3Cl)CC2)cc1. The van der Waals surface area contributed by atoms with Crippen molar-refractivity contribution in [3.63, 3.8) is 0 Å². The molecule has 0 atom stereocenters. The Morgan fingerprint density at radius 2 is 1.75 bits per heavy atom. The van der Waals surface area contributed by atoms with Gasteiger partial charge in [0.1, 0.15) is 5.82 Å². The predicted molar refractivity (Wildman–Crippen MR) is 107 cm³/mol. The van der Waals surface area contributed by atoms with Gasteiger partial charge in [-0.15, -0.1) is 0 Å². The van der Waals surface area contributed by atoms with Gasteiger partial charge in [-0.25, -0.2) is 4.39 Å². The molecule has 7 heteroatoms. The highest BCUT2D eigenvalue weighted by Gasteiger charge is 2.24. The van der Waals surface area contributed by atoms with Gasteiger partial charge >= 0.3 is 0 Å². The standard InChI is InChI=1S/C21H23ClFN3O2/c1-15-2-4-16(5-3-15)13-24-20(27)14-25-8-10-26(11-9-25)21(28)18-7-6-17(23)12-19(18)22/h2-7,12H,8-11,13-14H2,1H3,(H,24,27). The molecule has 1 fully saturated rings. The van der Waals surface area contributed by atoms with Crippen molar-refractivity contribution in [2.24, 2.45) is 0 Å². The van der Waals surface area contributed by atoms with Gasteiger partial charge in [0.25, 0.3) is 5.91 Å². The lowest BCUT2D eigenvalue weighted by molar-refractivity contribution is -0.122. The Morgan fingerprint density at radius 3 is 2.39 bits per heavy atom. The van der Waals surface area contributed by atoms with E-state index in [1.165, 1.54) is 17.7 Å². The van der Waals surface area contributed by atoms with E-state index in [1.807, 2.05) is 36.1 Å². The van der Waals surface area contributed by atoms with Crippen LogP contribution >= 0.6 is 11.6 Å². The molecule has 0 bridgehead atoms. The Balaban J connectivity index is 1.45. The molecule has 2 aromatic carbocycles. The summed E-state index contributed by atoms with van der Waals surface area (Å²) in [6.45, 7) is 5.02. The largest absolute Gasteiger partial charge is 0.351 e. The molecule has 1 saturated heterocycles. The van der Waals surface area contributed by atoms with Crippen molar-refractivity contribution in [3.05, 3.63) is 70.0 Å². The fraction of sp³-hybridized carbons (Fsp3) is 0.333. The lowest BCUT2D eigenvalue weighted by atomic mass is 10.1. The summed E-state index contributed by atoms with van der Waals surface area (Å²) in [7, 11) is 0. The van der Waals surface area contributed by atoms with Crippen LogP contribution in [0.4, 0.5) is 4.39 Å². The molecule has 5 nitrogen and oxygen atoms in total. The minimum Gasteiger partial charge on any atom is -0.351 e. The van der Waals surface area contributed by atoms with Crippen LogP contribution in [0, 0.1) is 12.7 Å². The van der Waals surface area contributed by atoms with Gasteiger partial charge in [-0.3, -0.25) is 14.5 Å². The second-order valence-corrected chi connectivity index (χ2v) is 7.36. The van der Waals surface area contributed by atoms with Crippen molar-refractivity contribution >= 4 is 23.4 Å². The molecule has 0 unspecified atom stereocenters. The van der Waals surface area contributed by atoms with Gasteiger partial charge in [-0.05, 0) is 30.7 Å². The molecule has 1 N–H and O–H groups in total. The maximum absolute atomic E-state index is 13.2. The first-order valence-electron chi connectivity index (χ1n) is 9.21. The van der Waals surface area contributed by atoms with Crippen LogP contribution < -0.4 is 5.32 Å². The zero-order chi connectivity index (χ0) is 20.1. The number of nitrogens with zero attached hydrogens (tertiary/aromatic N) is 2. The van der Waals surface area contributed by atoms with Crippen molar-refractivity contribution in [1.82, 2.24) is 15.1 Å². The summed E-state index contributed by atoms with van der Waals surface area (Å²) in [5.41, 5.74) is 2.54. The van der Waals surface area contributed by atoms with E-state index in [-0.39, 0.29) is 16.8 Å². The molecule has 0 spiro atoms. The number of carbonyl (C=O) groups is 2. The van der Waals surface area contributed by atoms with Crippen LogP contribution in [0.1, 0.15) is 21.5 Å². The molecule has 0 aliphatic carbocycles. The van der Waals surface area contributed by atoms with Gasteiger partial charge in [-0.1, -0.05) is 41.4 Å². The Morgan fingerprint density at radius 1 is 1.07 bits per heavy atom. The third-order valence-electron chi connectivity index (χ3n) is 4.80. The van der Waals surface area contributed by atoms with E-state index < -0.39 is 5.82 Å². The molecule has 28 heavy (non-hydrogen) atoms. The van der Waals surface area contributed by atoms with Gasteiger partial charge < -0.3 is 10.2 Å². The summed E-state index contributed by atoms with van der Waals surface area (Å²) < 4.78 is 13.2. The number of hydrogen-bond acceptors (Lipinski definition) is 3. The van der Waals surface area contributed by atoms with E-state index in [0.29, 0.717) is 44.8 Å². The highest BCUT2D eigenvalue weighted by atomic mass is 35.5. The van der Waals surface area contributed by atoms with Crippen molar-refractivity contribution in [2.45, 2.75) is 13.5 Å². The van der Waals surface area contributed by atoms with Crippen molar-refractivity contribution in [1.29, 1.82) is 0 Å². The molecule has 3 rings (SSSR count). The highest BCUT2D eigenvalue weighted by molar-refractivity contribution is 6.33. The second-order valence-electron chi connectivity index (χ2n) is 6.95. The highest BCUT2D eigenvalue weighted by Crippen LogP contribution is 2.19. The minimum absolute atomic E-state index is 0.0399. The third kappa shape index (κ3) is 5.30. The number of halogens is 2. The van der Waals surface area contributed by atoms with Crippen LogP contribution in [0.2, 0.25) is 5.02 Å². The lowest BCUT2D eigenvalue weighted by Gasteiger charge is -2.34. The van der Waals surface area contributed by atoms with E-state index in [9.17, 15) is 14.0 Å². The predicted octanol–water partition coefficient (Wildman–Crippen LogP) is 2.86. The van der Waals surface area contributed by atoms with Gasteiger partial charge in [-0.2, -0.15) is 0 Å². The number of carbonyl (C=O) groups excluding carboxylic acids is 2. The summed E-state index contributed by atoms with van der Waals surface area (Å²) in [6.07, 6.45) is 0. The minimum atomic E-state index is -0.469. The molecular formula is C21H23ClFN3O2. The van der Waals surface area contributed by atoms with E-state index in [2.05, 4.69) is 5.32 Å².